The molecular weight excluding hydrogens is 218 g/mol. The molecule has 3 aliphatic carbocycles. The van der Waals surface area contributed by atoms with Gasteiger partial charge in [-0.25, -0.2) is 0 Å². The van der Waals surface area contributed by atoms with Crippen LogP contribution in [0.3, 0.4) is 0 Å². The summed E-state index contributed by atoms with van der Waals surface area (Å²) < 4.78 is 0. The first kappa shape index (κ1) is 12.7. The first-order chi connectivity index (χ1) is 8.88. The van der Waals surface area contributed by atoms with E-state index in [-0.39, 0.29) is 0 Å². The summed E-state index contributed by atoms with van der Waals surface area (Å²) in [4.78, 5) is 0. The molecule has 3 atom stereocenters. The van der Waals surface area contributed by atoms with Crippen LogP contribution in [0, 0.1) is 17.8 Å². The zero-order chi connectivity index (χ0) is 12.4. The molecule has 0 aromatic heterocycles. The van der Waals surface area contributed by atoms with E-state index >= 15 is 0 Å². The third-order valence-corrected chi connectivity index (χ3v) is 5.40. The highest BCUT2D eigenvalue weighted by Gasteiger charge is 2.48. The number of hydrogen-bond donors (Lipinski definition) is 1. The van der Waals surface area contributed by atoms with Crippen LogP contribution in [0.25, 0.3) is 0 Å². The van der Waals surface area contributed by atoms with Gasteiger partial charge in [-0.1, -0.05) is 31.4 Å². The van der Waals surface area contributed by atoms with Crippen LogP contribution in [0.1, 0.15) is 64.7 Å². The van der Waals surface area contributed by atoms with Gasteiger partial charge >= 0.3 is 0 Å². The Kier molecular flexibility index (Phi) is 4.08. The van der Waals surface area contributed by atoms with Crippen molar-refractivity contribution in [3.8, 4) is 0 Å². The minimum atomic E-state index is 0.723. The number of likely N-dealkylation sites (N-methyl/N-ethyl adjacent to an activating group) is 1. The summed E-state index contributed by atoms with van der Waals surface area (Å²) in [7, 11) is 0. The highest BCUT2D eigenvalue weighted by molar-refractivity contribution is 5.16. The molecular formula is C17H29N. The largest absolute Gasteiger partial charge is 0.310 e. The summed E-state index contributed by atoms with van der Waals surface area (Å²) in [6.45, 7) is 3.40. The van der Waals surface area contributed by atoms with Gasteiger partial charge in [0.2, 0.25) is 0 Å². The molecule has 3 rings (SSSR count). The van der Waals surface area contributed by atoms with Crippen molar-refractivity contribution in [3.05, 3.63) is 11.6 Å². The average Bonchev–Trinajstić information content (AvgIpc) is 2.94. The van der Waals surface area contributed by atoms with Crippen LogP contribution in [0.5, 0.6) is 0 Å². The van der Waals surface area contributed by atoms with E-state index in [9.17, 15) is 0 Å². The van der Waals surface area contributed by atoms with E-state index in [1.807, 2.05) is 0 Å². The van der Waals surface area contributed by atoms with E-state index in [1.54, 1.807) is 12.0 Å². The molecule has 2 fully saturated rings. The van der Waals surface area contributed by atoms with Crippen molar-refractivity contribution in [2.24, 2.45) is 17.8 Å². The van der Waals surface area contributed by atoms with Crippen LogP contribution in [0.2, 0.25) is 0 Å². The third-order valence-electron chi connectivity index (χ3n) is 5.40. The third kappa shape index (κ3) is 2.82. The summed E-state index contributed by atoms with van der Waals surface area (Å²) in [5.41, 5.74) is 1.77. The number of nitrogens with one attached hydrogen (secondary N) is 1. The molecule has 0 aliphatic heterocycles. The summed E-state index contributed by atoms with van der Waals surface area (Å²) in [5, 5.41) is 3.82. The van der Waals surface area contributed by atoms with Crippen molar-refractivity contribution < 1.29 is 0 Å². The molecule has 0 amide bonds. The van der Waals surface area contributed by atoms with Gasteiger partial charge < -0.3 is 5.32 Å². The number of rotatable bonds is 4. The predicted molar refractivity (Wildman–Crippen MR) is 77.6 cm³/mol. The maximum absolute atomic E-state index is 3.82. The van der Waals surface area contributed by atoms with Crippen LogP contribution >= 0.6 is 0 Å². The van der Waals surface area contributed by atoms with E-state index in [0.29, 0.717) is 0 Å². The van der Waals surface area contributed by atoms with Crippen molar-refractivity contribution in [2.45, 2.75) is 70.8 Å². The van der Waals surface area contributed by atoms with Gasteiger partial charge in [-0.2, -0.15) is 0 Å². The first-order valence-electron chi connectivity index (χ1n) is 8.30. The van der Waals surface area contributed by atoms with Gasteiger partial charge in [0, 0.05) is 6.04 Å². The van der Waals surface area contributed by atoms with Gasteiger partial charge in [-0.15, -0.1) is 0 Å². The lowest BCUT2D eigenvalue weighted by molar-refractivity contribution is 0.364. The fourth-order valence-electron chi connectivity index (χ4n) is 4.35. The van der Waals surface area contributed by atoms with E-state index in [0.717, 1.165) is 30.3 Å². The molecule has 0 bridgehead atoms. The molecule has 3 aliphatic rings. The molecule has 18 heavy (non-hydrogen) atoms. The second kappa shape index (κ2) is 5.77. The Labute approximate surface area is 112 Å². The summed E-state index contributed by atoms with van der Waals surface area (Å²) >= 11 is 0. The Hall–Kier alpha value is -0.300. The second-order valence-corrected chi connectivity index (χ2v) is 6.75. The molecule has 3 unspecified atom stereocenters. The monoisotopic (exact) mass is 247 g/mol. The molecule has 102 valence electrons. The van der Waals surface area contributed by atoms with Gasteiger partial charge in [0.05, 0.1) is 0 Å². The molecule has 1 heteroatoms. The zero-order valence-corrected chi connectivity index (χ0v) is 12.0. The predicted octanol–water partition coefficient (Wildman–Crippen LogP) is 4.29. The van der Waals surface area contributed by atoms with Gasteiger partial charge in [-0.05, 0) is 69.2 Å². The van der Waals surface area contributed by atoms with Gasteiger partial charge in [0.25, 0.3) is 0 Å². The minimum Gasteiger partial charge on any atom is -0.310 e. The maximum atomic E-state index is 3.82. The molecule has 0 aromatic carbocycles. The molecule has 0 aromatic rings. The SMILES string of the molecule is CCNC(C1=CCCCCCC1)C1CC2CC2C1. The Balaban J connectivity index is 1.66. The van der Waals surface area contributed by atoms with Crippen LogP contribution in [-0.4, -0.2) is 12.6 Å². The smallest absolute Gasteiger partial charge is 0.0307 e. The van der Waals surface area contributed by atoms with Crippen molar-refractivity contribution in [1.29, 1.82) is 0 Å². The highest BCUT2D eigenvalue weighted by atomic mass is 14.9. The highest BCUT2D eigenvalue weighted by Crippen LogP contribution is 2.55. The van der Waals surface area contributed by atoms with E-state index in [4.69, 9.17) is 0 Å². The van der Waals surface area contributed by atoms with Crippen LogP contribution in [0.4, 0.5) is 0 Å². The van der Waals surface area contributed by atoms with Gasteiger partial charge in [-0.3, -0.25) is 0 Å². The Morgan fingerprint density at radius 1 is 1.11 bits per heavy atom. The summed E-state index contributed by atoms with van der Waals surface area (Å²) in [5.74, 6) is 3.19. The van der Waals surface area contributed by atoms with E-state index in [2.05, 4.69) is 18.3 Å². The molecule has 1 N–H and O–H groups in total. The maximum Gasteiger partial charge on any atom is 0.0307 e. The standard InChI is InChI=1S/C17H29N/c1-2-18-17(16-11-14-10-15(14)12-16)13-8-6-4-3-5-7-9-13/h8,14-18H,2-7,9-12H2,1H3. The van der Waals surface area contributed by atoms with Crippen molar-refractivity contribution in [3.63, 3.8) is 0 Å². The summed E-state index contributed by atoms with van der Waals surface area (Å²) in [6, 6.07) is 0.723. The van der Waals surface area contributed by atoms with Crippen molar-refractivity contribution in [2.75, 3.05) is 6.54 Å². The fraction of sp³-hybridized carbons (Fsp3) is 0.882. The number of allylic oxidation sites excluding steroid dienone is 1. The lowest BCUT2D eigenvalue weighted by Crippen LogP contribution is -2.37. The van der Waals surface area contributed by atoms with Crippen LogP contribution in [-0.2, 0) is 0 Å². The second-order valence-electron chi connectivity index (χ2n) is 6.75. The lowest BCUT2D eigenvalue weighted by Gasteiger charge is -2.29. The average molecular weight is 247 g/mol. The Bertz CT molecular complexity index is 297. The van der Waals surface area contributed by atoms with Gasteiger partial charge in [0.15, 0.2) is 0 Å². The molecule has 0 radical (unpaired) electrons. The minimum absolute atomic E-state index is 0.723. The normalized spacial score (nSPS) is 37.4. The lowest BCUT2D eigenvalue weighted by atomic mass is 9.85. The quantitative estimate of drug-likeness (QED) is 0.731. The Morgan fingerprint density at radius 3 is 2.67 bits per heavy atom. The van der Waals surface area contributed by atoms with Crippen LogP contribution < -0.4 is 5.32 Å². The number of fused-ring (bicyclic) bond motifs is 1. The van der Waals surface area contributed by atoms with Gasteiger partial charge in [0.1, 0.15) is 0 Å². The van der Waals surface area contributed by atoms with E-state index < -0.39 is 0 Å². The topological polar surface area (TPSA) is 12.0 Å². The van der Waals surface area contributed by atoms with Crippen molar-refractivity contribution >= 4 is 0 Å². The fourth-order valence-corrected chi connectivity index (χ4v) is 4.35. The Morgan fingerprint density at radius 2 is 1.89 bits per heavy atom. The molecule has 2 saturated carbocycles. The van der Waals surface area contributed by atoms with Crippen molar-refractivity contribution in [1.82, 2.24) is 5.32 Å². The van der Waals surface area contributed by atoms with E-state index in [1.165, 1.54) is 51.4 Å². The molecule has 0 spiro atoms. The zero-order valence-electron chi connectivity index (χ0n) is 12.0. The number of hydrogen-bond acceptors (Lipinski definition) is 1. The summed E-state index contributed by atoms with van der Waals surface area (Å²) in [6.07, 6.45) is 15.6. The molecule has 0 saturated heterocycles. The van der Waals surface area contributed by atoms with Crippen LogP contribution in [0.15, 0.2) is 11.6 Å². The molecule has 0 heterocycles. The first-order valence-corrected chi connectivity index (χ1v) is 8.30. The molecule has 1 nitrogen and oxygen atoms in total.